The molecule has 0 spiro atoms. The first-order valence-electron chi connectivity index (χ1n) is 11.6. The molecule has 3 aromatic carbocycles. The summed E-state index contributed by atoms with van der Waals surface area (Å²) >= 11 is 6.47. The summed E-state index contributed by atoms with van der Waals surface area (Å²) in [7, 11) is 0. The van der Waals surface area contributed by atoms with E-state index >= 15 is 0 Å². The number of fused-ring (bicyclic) bond motifs is 1. The predicted octanol–water partition coefficient (Wildman–Crippen LogP) is 5.97. The van der Waals surface area contributed by atoms with Crippen LogP contribution in [0.2, 0.25) is 5.02 Å². The first kappa shape index (κ1) is 23.8. The molecule has 3 unspecified atom stereocenters. The second-order valence-electron chi connectivity index (χ2n) is 8.89. The third-order valence-electron chi connectivity index (χ3n) is 6.27. The molecule has 4 aromatic rings. The summed E-state index contributed by atoms with van der Waals surface area (Å²) in [5, 5.41) is 21.0. The molecule has 0 aliphatic carbocycles. The molecule has 182 valence electrons. The third-order valence-corrected chi connectivity index (χ3v) is 6.64. The second-order valence-corrected chi connectivity index (χ2v) is 9.29. The highest BCUT2D eigenvalue weighted by Gasteiger charge is 2.29. The second kappa shape index (κ2) is 10.4. The molecule has 0 bridgehead atoms. The average molecular weight is 497 g/mol. The van der Waals surface area contributed by atoms with Crippen molar-refractivity contribution in [3.8, 4) is 5.75 Å². The molecule has 5 rings (SSSR count). The van der Waals surface area contributed by atoms with Crippen LogP contribution < -0.4 is 4.74 Å². The lowest BCUT2D eigenvalue weighted by atomic mass is 9.94. The van der Waals surface area contributed by atoms with E-state index in [0.717, 1.165) is 16.7 Å². The number of hydrogen-bond acceptors (Lipinski definition) is 5. The lowest BCUT2D eigenvalue weighted by Gasteiger charge is -2.32. The maximum absolute atomic E-state index is 13.8. The number of benzene rings is 3. The van der Waals surface area contributed by atoms with E-state index in [1.807, 2.05) is 42.5 Å². The SMILES string of the molecule is OCC1CC(O)CC(c2ccc(Cl)c(Cc3ccc(OCc4cc5cccc(F)c5o4)cc3)c2)O1. The number of rotatable bonds is 7. The summed E-state index contributed by atoms with van der Waals surface area (Å²) in [6.07, 6.45) is 0.394. The Morgan fingerprint density at radius 2 is 1.86 bits per heavy atom. The van der Waals surface area contributed by atoms with E-state index in [-0.39, 0.29) is 36.8 Å². The minimum absolute atomic E-state index is 0.115. The van der Waals surface area contributed by atoms with Crippen molar-refractivity contribution in [3.63, 3.8) is 0 Å². The Labute approximate surface area is 207 Å². The maximum atomic E-state index is 13.8. The highest BCUT2D eigenvalue weighted by atomic mass is 35.5. The number of halogens is 2. The minimum Gasteiger partial charge on any atom is -0.486 e. The van der Waals surface area contributed by atoms with Crippen molar-refractivity contribution in [1.29, 1.82) is 0 Å². The van der Waals surface area contributed by atoms with Gasteiger partial charge in [-0.05, 0) is 53.4 Å². The number of ether oxygens (including phenoxy) is 2. The largest absolute Gasteiger partial charge is 0.486 e. The van der Waals surface area contributed by atoms with Gasteiger partial charge in [-0.2, -0.15) is 0 Å². The number of furan rings is 1. The van der Waals surface area contributed by atoms with Crippen LogP contribution in [-0.2, 0) is 17.8 Å². The van der Waals surface area contributed by atoms with Gasteiger partial charge in [0.05, 0.1) is 24.9 Å². The fourth-order valence-corrected chi connectivity index (χ4v) is 4.67. The molecule has 3 atom stereocenters. The van der Waals surface area contributed by atoms with Gasteiger partial charge in [-0.3, -0.25) is 0 Å². The van der Waals surface area contributed by atoms with Crippen LogP contribution in [0.4, 0.5) is 4.39 Å². The number of aliphatic hydroxyl groups excluding tert-OH is 2. The maximum Gasteiger partial charge on any atom is 0.170 e. The Bertz CT molecular complexity index is 1300. The van der Waals surface area contributed by atoms with Crippen molar-refractivity contribution in [2.45, 2.75) is 44.2 Å². The molecule has 35 heavy (non-hydrogen) atoms. The molecule has 0 amide bonds. The molecular weight excluding hydrogens is 471 g/mol. The fourth-order valence-electron chi connectivity index (χ4n) is 4.48. The third kappa shape index (κ3) is 5.52. The Balaban J connectivity index is 1.24. The van der Waals surface area contributed by atoms with Crippen LogP contribution in [0.15, 0.2) is 71.1 Å². The highest BCUT2D eigenvalue weighted by molar-refractivity contribution is 6.31. The van der Waals surface area contributed by atoms with Gasteiger partial charge in [-0.1, -0.05) is 48.0 Å². The first-order valence-corrected chi connectivity index (χ1v) is 12.0. The molecular formula is C28H26ClFO5. The molecule has 2 N–H and O–H groups in total. The Kier molecular flexibility index (Phi) is 7.07. The predicted molar refractivity (Wildman–Crippen MR) is 131 cm³/mol. The van der Waals surface area contributed by atoms with Crippen LogP contribution in [0.25, 0.3) is 11.0 Å². The van der Waals surface area contributed by atoms with Crippen LogP contribution in [0.1, 0.15) is 41.4 Å². The standard InChI is InChI=1S/C28H26ClFO5/c29-25-9-6-18(27-14-21(32)13-23(15-31)34-27)11-20(25)10-17-4-7-22(8-5-17)33-16-24-12-19-2-1-3-26(30)28(19)35-24/h1-9,11-12,21,23,27,31-32H,10,13-16H2. The summed E-state index contributed by atoms with van der Waals surface area (Å²) in [4.78, 5) is 0. The molecule has 1 fully saturated rings. The smallest absolute Gasteiger partial charge is 0.170 e. The zero-order valence-corrected chi connectivity index (χ0v) is 19.7. The molecule has 1 aromatic heterocycles. The van der Waals surface area contributed by atoms with Crippen LogP contribution in [0.3, 0.4) is 0 Å². The van der Waals surface area contributed by atoms with Crippen molar-refractivity contribution in [2.24, 2.45) is 0 Å². The topological polar surface area (TPSA) is 72.1 Å². The van der Waals surface area contributed by atoms with Crippen LogP contribution in [0, 0.1) is 5.82 Å². The normalized spacial score (nSPS) is 20.3. The van der Waals surface area contributed by atoms with Gasteiger partial charge in [0.25, 0.3) is 0 Å². The van der Waals surface area contributed by atoms with Gasteiger partial charge >= 0.3 is 0 Å². The van der Waals surface area contributed by atoms with E-state index in [2.05, 4.69) is 0 Å². The van der Waals surface area contributed by atoms with Gasteiger partial charge in [0.1, 0.15) is 18.1 Å². The molecule has 1 aliphatic rings. The summed E-state index contributed by atoms with van der Waals surface area (Å²) in [5.41, 5.74) is 3.18. The first-order chi connectivity index (χ1) is 17.0. The summed E-state index contributed by atoms with van der Waals surface area (Å²) in [6.45, 7) is 0.0824. The van der Waals surface area contributed by atoms with E-state index in [1.165, 1.54) is 6.07 Å². The highest BCUT2D eigenvalue weighted by Crippen LogP contribution is 2.34. The molecule has 5 nitrogen and oxygen atoms in total. The van der Waals surface area contributed by atoms with E-state index in [0.29, 0.717) is 41.2 Å². The minimum atomic E-state index is -0.504. The van der Waals surface area contributed by atoms with E-state index in [1.54, 1.807) is 18.2 Å². The monoisotopic (exact) mass is 496 g/mol. The zero-order chi connectivity index (χ0) is 24.4. The summed E-state index contributed by atoms with van der Waals surface area (Å²) in [5.74, 6) is 0.839. The van der Waals surface area contributed by atoms with Crippen molar-refractivity contribution < 1.29 is 28.5 Å². The van der Waals surface area contributed by atoms with E-state index in [4.69, 9.17) is 25.5 Å². The van der Waals surface area contributed by atoms with Crippen LogP contribution in [0.5, 0.6) is 5.75 Å². The van der Waals surface area contributed by atoms with Crippen molar-refractivity contribution in [3.05, 3.63) is 100 Å². The van der Waals surface area contributed by atoms with Crippen molar-refractivity contribution >= 4 is 22.6 Å². The Morgan fingerprint density at radius 1 is 1.03 bits per heavy atom. The molecule has 0 saturated carbocycles. The summed E-state index contributed by atoms with van der Waals surface area (Å²) in [6, 6.07) is 20.1. The zero-order valence-electron chi connectivity index (χ0n) is 19.0. The number of aliphatic hydroxyl groups is 2. The van der Waals surface area contributed by atoms with Gasteiger partial charge in [-0.25, -0.2) is 4.39 Å². The van der Waals surface area contributed by atoms with Gasteiger partial charge in [-0.15, -0.1) is 0 Å². The fraction of sp³-hybridized carbons (Fsp3) is 0.286. The summed E-state index contributed by atoms with van der Waals surface area (Å²) < 4.78 is 31.1. The van der Waals surface area contributed by atoms with E-state index < -0.39 is 6.10 Å². The van der Waals surface area contributed by atoms with Gasteiger partial charge < -0.3 is 24.1 Å². The van der Waals surface area contributed by atoms with Gasteiger partial charge in [0.15, 0.2) is 11.4 Å². The van der Waals surface area contributed by atoms with Crippen LogP contribution in [-0.4, -0.2) is 29.0 Å². The average Bonchev–Trinajstić information content (AvgIpc) is 3.29. The number of para-hydroxylation sites is 1. The van der Waals surface area contributed by atoms with Gasteiger partial charge in [0.2, 0.25) is 0 Å². The molecule has 1 saturated heterocycles. The Hall–Kier alpha value is -2.90. The van der Waals surface area contributed by atoms with Crippen molar-refractivity contribution in [2.75, 3.05) is 6.61 Å². The lowest BCUT2D eigenvalue weighted by Crippen LogP contribution is -2.33. The molecule has 2 heterocycles. The Morgan fingerprint density at radius 3 is 2.63 bits per heavy atom. The van der Waals surface area contributed by atoms with Gasteiger partial charge in [0, 0.05) is 23.3 Å². The number of hydrogen-bond donors (Lipinski definition) is 2. The molecule has 7 heteroatoms. The lowest BCUT2D eigenvalue weighted by molar-refractivity contribution is -0.113. The van der Waals surface area contributed by atoms with Crippen molar-refractivity contribution in [1.82, 2.24) is 0 Å². The van der Waals surface area contributed by atoms with E-state index in [9.17, 15) is 14.6 Å². The quantitative estimate of drug-likeness (QED) is 0.330. The molecule has 0 radical (unpaired) electrons. The van der Waals surface area contributed by atoms with Crippen LogP contribution >= 0.6 is 11.6 Å². The molecule has 1 aliphatic heterocycles.